The molecule has 3 rings (SSSR count). The zero-order valence-corrected chi connectivity index (χ0v) is 17.9. The molecule has 0 atom stereocenters. The number of hydrogen-bond donors (Lipinski definition) is 3. The van der Waals surface area contributed by atoms with Gasteiger partial charge < -0.3 is 20.4 Å². The van der Waals surface area contributed by atoms with Gasteiger partial charge in [0.05, 0.1) is 17.7 Å². The lowest BCUT2D eigenvalue weighted by Crippen LogP contribution is -2.18. The minimum atomic E-state index is -0.259. The number of aromatic amines is 1. The molecular weight excluding hydrogens is 378 g/mol. The number of fused-ring (bicyclic) bond motifs is 1. The van der Waals surface area contributed by atoms with Crippen molar-refractivity contribution in [2.24, 2.45) is 0 Å². The van der Waals surface area contributed by atoms with Gasteiger partial charge >= 0.3 is 0 Å². The van der Waals surface area contributed by atoms with E-state index in [4.69, 9.17) is 4.74 Å². The van der Waals surface area contributed by atoms with Gasteiger partial charge in [-0.3, -0.25) is 9.59 Å². The Morgan fingerprint density at radius 3 is 2.63 bits per heavy atom. The molecule has 1 aromatic heterocycles. The summed E-state index contributed by atoms with van der Waals surface area (Å²) in [6, 6.07) is 7.35. The van der Waals surface area contributed by atoms with Crippen LogP contribution in [0.5, 0.6) is 5.75 Å². The van der Waals surface area contributed by atoms with Crippen molar-refractivity contribution in [1.82, 2.24) is 10.3 Å². The first-order valence-electron chi connectivity index (χ1n) is 11.2. The van der Waals surface area contributed by atoms with Crippen LogP contribution in [0.1, 0.15) is 78.3 Å². The molecule has 0 bridgehead atoms. The van der Waals surface area contributed by atoms with Gasteiger partial charge in [-0.15, -0.1) is 0 Å². The largest absolute Gasteiger partial charge is 0.494 e. The van der Waals surface area contributed by atoms with Crippen LogP contribution in [0.4, 0.5) is 5.69 Å². The number of nitrogens with one attached hydrogen (secondary N) is 3. The lowest BCUT2D eigenvalue weighted by molar-refractivity contribution is 0.0965. The maximum atomic E-state index is 12.7. The lowest BCUT2D eigenvalue weighted by Gasteiger charge is -2.09. The van der Waals surface area contributed by atoms with Gasteiger partial charge in [-0.25, -0.2) is 0 Å². The van der Waals surface area contributed by atoms with Gasteiger partial charge in [0.1, 0.15) is 5.75 Å². The second kappa shape index (κ2) is 11.6. The fourth-order valence-electron chi connectivity index (χ4n) is 3.72. The first kappa shape index (κ1) is 22.1. The van der Waals surface area contributed by atoms with E-state index in [9.17, 15) is 9.59 Å². The second-order valence-electron chi connectivity index (χ2n) is 7.82. The molecule has 0 unspecified atom stereocenters. The average molecular weight is 412 g/mol. The molecular formula is C24H33N3O3. The van der Waals surface area contributed by atoms with E-state index in [-0.39, 0.29) is 11.7 Å². The lowest BCUT2D eigenvalue weighted by atomic mass is 10.0. The van der Waals surface area contributed by atoms with Crippen LogP contribution < -0.4 is 15.4 Å². The number of carbonyl (C=O) groups is 2. The number of ketones is 1. The van der Waals surface area contributed by atoms with Crippen molar-refractivity contribution in [3.63, 3.8) is 0 Å². The van der Waals surface area contributed by atoms with Crippen molar-refractivity contribution in [2.45, 2.75) is 58.3 Å². The van der Waals surface area contributed by atoms with Crippen molar-refractivity contribution in [2.75, 3.05) is 25.0 Å². The summed E-state index contributed by atoms with van der Waals surface area (Å²) in [5.41, 5.74) is 2.56. The van der Waals surface area contributed by atoms with Gasteiger partial charge in [-0.1, -0.05) is 19.8 Å². The number of H-pyrrole nitrogens is 1. The summed E-state index contributed by atoms with van der Waals surface area (Å²) >= 11 is 0. The van der Waals surface area contributed by atoms with Crippen LogP contribution >= 0.6 is 0 Å². The standard InChI is InChI=1S/C24H33N3O3/c1-2-3-6-14-25-15-7-16-30-19-12-10-18(11-13-19)27-24(29)20-17-26-21-8-4-5-9-22(28)23(20)21/h10-13,17,25-26H,2-9,14-16H2,1H3,(H,27,29). The Morgan fingerprint density at radius 2 is 1.83 bits per heavy atom. The first-order chi connectivity index (χ1) is 14.7. The molecule has 0 radical (unpaired) electrons. The summed E-state index contributed by atoms with van der Waals surface area (Å²) in [5, 5.41) is 6.31. The van der Waals surface area contributed by atoms with Gasteiger partial charge in [0.15, 0.2) is 5.78 Å². The summed E-state index contributed by atoms with van der Waals surface area (Å²) in [6.45, 7) is 4.89. The molecule has 30 heavy (non-hydrogen) atoms. The Bertz CT molecular complexity index is 827. The highest BCUT2D eigenvalue weighted by Crippen LogP contribution is 2.24. The van der Waals surface area contributed by atoms with Gasteiger partial charge in [0, 0.05) is 24.0 Å². The van der Waals surface area contributed by atoms with E-state index in [0.717, 1.165) is 50.2 Å². The number of anilines is 1. The fourth-order valence-corrected chi connectivity index (χ4v) is 3.72. The topological polar surface area (TPSA) is 83.2 Å². The number of carbonyl (C=O) groups excluding carboxylic acids is 2. The molecule has 0 fully saturated rings. The molecule has 162 valence electrons. The number of hydrogen-bond acceptors (Lipinski definition) is 4. The Labute approximate surface area is 178 Å². The monoisotopic (exact) mass is 411 g/mol. The predicted octanol–water partition coefficient (Wildman–Crippen LogP) is 4.72. The minimum absolute atomic E-state index is 0.0532. The highest BCUT2D eigenvalue weighted by molar-refractivity contribution is 6.13. The minimum Gasteiger partial charge on any atom is -0.494 e. The third-order valence-corrected chi connectivity index (χ3v) is 5.40. The summed E-state index contributed by atoms with van der Waals surface area (Å²) in [5.74, 6) is 0.577. The van der Waals surface area contributed by atoms with Gasteiger partial charge in [-0.2, -0.15) is 0 Å². The highest BCUT2D eigenvalue weighted by atomic mass is 16.5. The fraction of sp³-hybridized carbons (Fsp3) is 0.500. The summed E-state index contributed by atoms with van der Waals surface area (Å²) < 4.78 is 5.77. The molecule has 1 heterocycles. The maximum absolute atomic E-state index is 12.7. The Hall–Kier alpha value is -2.60. The molecule has 6 nitrogen and oxygen atoms in total. The van der Waals surface area contributed by atoms with Crippen molar-refractivity contribution in [3.05, 3.63) is 47.3 Å². The second-order valence-corrected chi connectivity index (χ2v) is 7.82. The molecule has 1 amide bonds. The van der Waals surface area contributed by atoms with E-state index in [2.05, 4.69) is 22.5 Å². The SMILES string of the molecule is CCCCCNCCCOc1ccc(NC(=O)c2c[nH]c3c2C(=O)CCCC3)cc1. The molecule has 6 heteroatoms. The number of aromatic nitrogens is 1. The number of aryl methyl sites for hydroxylation is 1. The number of ether oxygens (including phenoxy) is 1. The van der Waals surface area contributed by atoms with E-state index in [0.29, 0.717) is 29.8 Å². The molecule has 0 spiro atoms. The molecule has 0 aliphatic heterocycles. The van der Waals surface area contributed by atoms with Crippen LogP contribution in [0.3, 0.4) is 0 Å². The molecule has 1 aliphatic carbocycles. The molecule has 0 saturated carbocycles. The van der Waals surface area contributed by atoms with E-state index >= 15 is 0 Å². The molecule has 2 aromatic rings. The van der Waals surface area contributed by atoms with Crippen molar-refractivity contribution in [3.8, 4) is 5.75 Å². The zero-order chi connectivity index (χ0) is 21.2. The Morgan fingerprint density at radius 1 is 1.07 bits per heavy atom. The average Bonchev–Trinajstić information content (AvgIpc) is 3.10. The number of Topliss-reactive ketones (excluding diaryl/α,β-unsaturated/α-hetero) is 1. The van der Waals surface area contributed by atoms with Crippen molar-refractivity contribution >= 4 is 17.4 Å². The molecule has 1 aromatic carbocycles. The van der Waals surface area contributed by atoms with Gasteiger partial charge in [0.25, 0.3) is 5.91 Å². The quantitative estimate of drug-likeness (QED) is 0.369. The van der Waals surface area contributed by atoms with Crippen LogP contribution in [0, 0.1) is 0 Å². The van der Waals surface area contributed by atoms with E-state index in [1.807, 2.05) is 24.3 Å². The van der Waals surface area contributed by atoms with Crippen LogP contribution in [-0.4, -0.2) is 36.4 Å². The number of amides is 1. The van der Waals surface area contributed by atoms with Gasteiger partial charge in [-0.05, 0) is 69.5 Å². The number of rotatable bonds is 11. The third-order valence-electron chi connectivity index (χ3n) is 5.40. The first-order valence-corrected chi connectivity index (χ1v) is 11.2. The van der Waals surface area contributed by atoms with E-state index < -0.39 is 0 Å². The smallest absolute Gasteiger partial charge is 0.257 e. The van der Waals surface area contributed by atoms with E-state index in [1.165, 1.54) is 19.3 Å². The summed E-state index contributed by atoms with van der Waals surface area (Å²) in [6.07, 6.45) is 9.51. The van der Waals surface area contributed by atoms with Crippen LogP contribution in [0.25, 0.3) is 0 Å². The zero-order valence-electron chi connectivity index (χ0n) is 17.9. The van der Waals surface area contributed by atoms with Crippen LogP contribution in [0.15, 0.2) is 30.5 Å². The molecule has 3 N–H and O–H groups in total. The van der Waals surface area contributed by atoms with E-state index in [1.54, 1.807) is 6.20 Å². The van der Waals surface area contributed by atoms with Crippen molar-refractivity contribution in [1.29, 1.82) is 0 Å². The highest BCUT2D eigenvalue weighted by Gasteiger charge is 2.24. The van der Waals surface area contributed by atoms with Crippen LogP contribution in [-0.2, 0) is 6.42 Å². The molecule has 0 saturated heterocycles. The normalized spacial score (nSPS) is 13.6. The summed E-state index contributed by atoms with van der Waals surface area (Å²) in [4.78, 5) is 28.2. The van der Waals surface area contributed by atoms with Crippen molar-refractivity contribution < 1.29 is 14.3 Å². The summed E-state index contributed by atoms with van der Waals surface area (Å²) in [7, 11) is 0. The Kier molecular flexibility index (Phi) is 8.51. The number of unbranched alkanes of at least 4 members (excludes halogenated alkanes) is 2. The van der Waals surface area contributed by atoms with Crippen LogP contribution in [0.2, 0.25) is 0 Å². The molecule has 1 aliphatic rings. The number of benzene rings is 1. The predicted molar refractivity (Wildman–Crippen MR) is 120 cm³/mol. The third kappa shape index (κ3) is 6.20. The Balaban J connectivity index is 1.45. The maximum Gasteiger partial charge on any atom is 0.257 e. The van der Waals surface area contributed by atoms with Gasteiger partial charge in [0.2, 0.25) is 0 Å².